The van der Waals surface area contributed by atoms with Crippen LogP contribution in [0.1, 0.15) is 11.4 Å². The van der Waals surface area contributed by atoms with Crippen LogP contribution in [0.2, 0.25) is 0 Å². The number of aromatic hydroxyl groups is 1. The maximum atomic E-state index is 13.5. The SMILES string of the molecule is Cc1nc2cc(Oc3nc(O)c4ccncc4n3)ccc2n1Cc1cccc(F)c1. The van der Waals surface area contributed by atoms with Crippen LogP contribution in [0.15, 0.2) is 60.9 Å². The molecular formula is C22H16FN5O2. The number of aryl methyl sites for hydroxylation is 1. The molecule has 5 rings (SSSR count). The van der Waals surface area contributed by atoms with Crippen LogP contribution in [0.5, 0.6) is 17.6 Å². The maximum absolute atomic E-state index is 13.5. The van der Waals surface area contributed by atoms with E-state index in [-0.39, 0.29) is 17.7 Å². The van der Waals surface area contributed by atoms with Crippen molar-refractivity contribution in [3.8, 4) is 17.6 Å². The molecule has 0 radical (unpaired) electrons. The summed E-state index contributed by atoms with van der Waals surface area (Å²) in [5, 5.41) is 10.6. The van der Waals surface area contributed by atoms with Crippen molar-refractivity contribution in [1.82, 2.24) is 24.5 Å². The standard InChI is InChI=1S/C22H16FN5O2/c1-13-25-18-10-16(30-22-26-19-11-24-8-7-17(19)21(29)27-22)5-6-20(18)28(13)12-14-3-2-4-15(23)9-14/h2-11H,12H2,1H3,(H,26,27,29). The minimum Gasteiger partial charge on any atom is -0.493 e. The lowest BCUT2D eigenvalue weighted by molar-refractivity contribution is 0.412. The topological polar surface area (TPSA) is 86.0 Å². The molecule has 0 amide bonds. The number of hydrogen-bond donors (Lipinski definition) is 1. The van der Waals surface area contributed by atoms with E-state index in [1.54, 1.807) is 30.5 Å². The summed E-state index contributed by atoms with van der Waals surface area (Å²) >= 11 is 0. The van der Waals surface area contributed by atoms with Gasteiger partial charge in [-0.3, -0.25) is 4.98 Å². The first-order chi connectivity index (χ1) is 14.6. The van der Waals surface area contributed by atoms with Gasteiger partial charge in [-0.25, -0.2) is 9.37 Å². The average molecular weight is 401 g/mol. The molecule has 7 nitrogen and oxygen atoms in total. The summed E-state index contributed by atoms with van der Waals surface area (Å²) in [4.78, 5) is 16.9. The van der Waals surface area contributed by atoms with Gasteiger partial charge < -0.3 is 14.4 Å². The molecule has 0 atom stereocenters. The molecule has 0 aliphatic heterocycles. The Morgan fingerprint density at radius 3 is 2.80 bits per heavy atom. The van der Waals surface area contributed by atoms with Crippen molar-refractivity contribution in [2.24, 2.45) is 0 Å². The number of hydrogen-bond acceptors (Lipinski definition) is 6. The Morgan fingerprint density at radius 2 is 1.93 bits per heavy atom. The summed E-state index contributed by atoms with van der Waals surface area (Å²) in [5.74, 6) is 0.852. The quantitative estimate of drug-likeness (QED) is 0.481. The zero-order chi connectivity index (χ0) is 20.7. The summed E-state index contributed by atoms with van der Waals surface area (Å²) in [6, 6.07) is 13.6. The van der Waals surface area contributed by atoms with E-state index in [9.17, 15) is 9.50 Å². The molecule has 1 N–H and O–H groups in total. The third-order valence-corrected chi connectivity index (χ3v) is 4.81. The van der Waals surface area contributed by atoms with Crippen LogP contribution in [0.25, 0.3) is 21.9 Å². The van der Waals surface area contributed by atoms with E-state index >= 15 is 0 Å². The molecule has 0 spiro atoms. The van der Waals surface area contributed by atoms with Crippen LogP contribution < -0.4 is 4.74 Å². The van der Waals surface area contributed by atoms with Gasteiger partial charge in [-0.2, -0.15) is 9.97 Å². The van der Waals surface area contributed by atoms with Gasteiger partial charge in [0.2, 0.25) is 5.88 Å². The first-order valence-corrected chi connectivity index (χ1v) is 9.27. The molecule has 3 heterocycles. The number of pyridine rings is 1. The van der Waals surface area contributed by atoms with Gasteiger partial charge in [-0.1, -0.05) is 12.1 Å². The van der Waals surface area contributed by atoms with E-state index < -0.39 is 0 Å². The van der Waals surface area contributed by atoms with Crippen molar-refractivity contribution in [1.29, 1.82) is 0 Å². The zero-order valence-corrected chi connectivity index (χ0v) is 16.0. The zero-order valence-electron chi connectivity index (χ0n) is 16.0. The molecule has 0 bridgehead atoms. The molecule has 148 valence electrons. The Labute approximate surface area is 170 Å². The minimum atomic E-state index is -0.265. The van der Waals surface area contributed by atoms with Crippen molar-refractivity contribution in [3.63, 3.8) is 0 Å². The van der Waals surface area contributed by atoms with E-state index in [0.29, 0.717) is 23.2 Å². The summed E-state index contributed by atoms with van der Waals surface area (Å²) in [6.45, 7) is 2.41. The highest BCUT2D eigenvalue weighted by atomic mass is 19.1. The molecule has 3 aromatic heterocycles. The highest BCUT2D eigenvalue weighted by Crippen LogP contribution is 2.28. The molecular weight excluding hydrogens is 385 g/mol. The second-order valence-corrected chi connectivity index (χ2v) is 6.85. The predicted molar refractivity (Wildman–Crippen MR) is 109 cm³/mol. The summed E-state index contributed by atoms with van der Waals surface area (Å²) in [7, 11) is 0. The summed E-state index contributed by atoms with van der Waals surface area (Å²) in [6.07, 6.45) is 3.09. The van der Waals surface area contributed by atoms with Gasteiger partial charge in [0.15, 0.2) is 0 Å². The summed E-state index contributed by atoms with van der Waals surface area (Å²) < 4.78 is 21.3. The Morgan fingerprint density at radius 1 is 1.03 bits per heavy atom. The number of imidazole rings is 1. The first-order valence-electron chi connectivity index (χ1n) is 9.27. The van der Waals surface area contributed by atoms with E-state index in [1.807, 2.05) is 23.6 Å². The Bertz CT molecular complexity index is 1400. The molecule has 0 fully saturated rings. The first kappa shape index (κ1) is 18.0. The largest absolute Gasteiger partial charge is 0.493 e. The van der Waals surface area contributed by atoms with Crippen molar-refractivity contribution >= 4 is 21.9 Å². The lowest BCUT2D eigenvalue weighted by atomic mass is 10.2. The summed E-state index contributed by atoms with van der Waals surface area (Å²) in [5.41, 5.74) is 2.96. The smallest absolute Gasteiger partial charge is 0.325 e. The average Bonchev–Trinajstić information content (AvgIpc) is 3.02. The molecule has 0 saturated carbocycles. The third-order valence-electron chi connectivity index (χ3n) is 4.81. The highest BCUT2D eigenvalue weighted by molar-refractivity contribution is 5.82. The van der Waals surface area contributed by atoms with Crippen molar-refractivity contribution in [2.45, 2.75) is 13.5 Å². The monoisotopic (exact) mass is 401 g/mol. The molecule has 0 saturated heterocycles. The lowest BCUT2D eigenvalue weighted by Crippen LogP contribution is -2.02. The second-order valence-electron chi connectivity index (χ2n) is 6.85. The van der Waals surface area contributed by atoms with E-state index in [4.69, 9.17) is 4.74 Å². The van der Waals surface area contributed by atoms with Crippen LogP contribution >= 0.6 is 0 Å². The highest BCUT2D eigenvalue weighted by Gasteiger charge is 2.12. The van der Waals surface area contributed by atoms with Crippen LogP contribution in [0.4, 0.5) is 4.39 Å². The maximum Gasteiger partial charge on any atom is 0.325 e. The van der Waals surface area contributed by atoms with Gasteiger partial charge in [0, 0.05) is 18.8 Å². The third kappa shape index (κ3) is 3.28. The number of benzene rings is 2. The molecule has 0 aliphatic rings. The van der Waals surface area contributed by atoms with Gasteiger partial charge in [0.1, 0.15) is 17.4 Å². The van der Waals surface area contributed by atoms with Crippen molar-refractivity contribution in [3.05, 3.63) is 78.1 Å². The van der Waals surface area contributed by atoms with Crippen LogP contribution in [0, 0.1) is 12.7 Å². The fourth-order valence-electron chi connectivity index (χ4n) is 3.41. The number of fused-ring (bicyclic) bond motifs is 2. The number of halogens is 1. The Hall–Kier alpha value is -4.07. The number of ether oxygens (including phenoxy) is 1. The Balaban J connectivity index is 1.47. The number of nitrogens with zero attached hydrogens (tertiary/aromatic N) is 5. The van der Waals surface area contributed by atoms with Crippen molar-refractivity contribution < 1.29 is 14.2 Å². The van der Waals surface area contributed by atoms with Crippen LogP contribution in [-0.4, -0.2) is 29.6 Å². The fraction of sp³-hybridized carbons (Fsp3) is 0.0909. The molecule has 0 unspecified atom stereocenters. The van der Waals surface area contributed by atoms with E-state index in [0.717, 1.165) is 22.4 Å². The van der Waals surface area contributed by atoms with Gasteiger partial charge in [-0.05, 0) is 42.8 Å². The van der Waals surface area contributed by atoms with E-state index in [1.165, 1.54) is 18.3 Å². The predicted octanol–water partition coefficient (Wildman–Crippen LogP) is 4.37. The van der Waals surface area contributed by atoms with Gasteiger partial charge in [-0.15, -0.1) is 0 Å². The second kappa shape index (κ2) is 7.07. The van der Waals surface area contributed by atoms with E-state index in [2.05, 4.69) is 19.9 Å². The van der Waals surface area contributed by atoms with Crippen LogP contribution in [0.3, 0.4) is 0 Å². The van der Waals surface area contributed by atoms with Gasteiger partial charge >= 0.3 is 6.01 Å². The molecule has 0 aliphatic carbocycles. The number of rotatable bonds is 4. The normalized spacial score (nSPS) is 11.3. The van der Waals surface area contributed by atoms with Crippen molar-refractivity contribution in [2.75, 3.05) is 0 Å². The molecule has 8 heteroatoms. The number of aromatic nitrogens is 5. The minimum absolute atomic E-state index is 0.0169. The molecule has 2 aromatic carbocycles. The van der Waals surface area contributed by atoms with Gasteiger partial charge in [0.05, 0.1) is 28.1 Å². The molecule has 5 aromatic rings. The lowest BCUT2D eigenvalue weighted by Gasteiger charge is -2.08. The van der Waals surface area contributed by atoms with Gasteiger partial charge in [0.25, 0.3) is 0 Å². The Kier molecular flexibility index (Phi) is 4.24. The molecule has 30 heavy (non-hydrogen) atoms. The fourth-order valence-corrected chi connectivity index (χ4v) is 3.41. The van der Waals surface area contributed by atoms with Crippen LogP contribution in [-0.2, 0) is 6.54 Å².